The van der Waals surface area contributed by atoms with Crippen molar-refractivity contribution in [3.05, 3.63) is 23.2 Å². The fraction of sp³-hybridized carbons (Fsp3) is 0. The minimum Gasteiger partial charge on any atom is -0.541 e. The van der Waals surface area contributed by atoms with Gasteiger partial charge in [0.25, 0.3) is 0 Å². The summed E-state index contributed by atoms with van der Waals surface area (Å²) >= 11 is 5.69. The summed E-state index contributed by atoms with van der Waals surface area (Å²) in [5, 5.41) is 11.1. The number of carbonyl (C=O) groups is 1. The molecule has 5 nitrogen and oxygen atoms in total. The molecule has 0 aromatic carbocycles. The molecule has 66 valence electrons. The van der Waals surface area contributed by atoms with Gasteiger partial charge >= 0.3 is 0 Å². The summed E-state index contributed by atoms with van der Waals surface area (Å²) in [5.41, 5.74) is 0.388. The predicted octanol–water partition coefficient (Wildman–Crippen LogP) is -0.0252. The predicted molar refractivity (Wildman–Crippen MR) is 43.2 cm³/mol. The summed E-state index contributed by atoms with van der Waals surface area (Å²) < 4.78 is 0. The number of carbonyl (C=O) groups excluding carboxylic acids is 1. The lowest BCUT2D eigenvalue weighted by Gasteiger charge is -2.00. The molecule has 2 heterocycles. The van der Waals surface area contributed by atoms with E-state index in [-0.39, 0.29) is 5.15 Å². The number of aromatic nitrogens is 3. The lowest BCUT2D eigenvalue weighted by Crippen LogP contribution is -2.25. The monoisotopic (exact) mass is 196 g/mol. The Morgan fingerprint density at radius 3 is 3.00 bits per heavy atom. The topological polar surface area (TPSA) is 81.7 Å². The molecule has 2 aromatic heterocycles. The van der Waals surface area contributed by atoms with Gasteiger partial charge in [0.1, 0.15) is 16.8 Å². The molecule has 6 heteroatoms. The second-order valence-electron chi connectivity index (χ2n) is 2.37. The summed E-state index contributed by atoms with van der Waals surface area (Å²) in [6.45, 7) is 0. The fourth-order valence-corrected chi connectivity index (χ4v) is 1.23. The smallest absolute Gasteiger partial charge is 0.178 e. The van der Waals surface area contributed by atoms with E-state index in [9.17, 15) is 9.90 Å². The highest BCUT2D eigenvalue weighted by molar-refractivity contribution is 6.34. The molecular weight excluding hydrogens is 194 g/mol. The molecule has 0 saturated heterocycles. The number of nitrogens with one attached hydrogen (secondary N) is 1. The van der Waals surface area contributed by atoms with Crippen molar-refractivity contribution < 1.29 is 9.90 Å². The zero-order valence-corrected chi connectivity index (χ0v) is 7.00. The van der Waals surface area contributed by atoms with E-state index >= 15 is 0 Å². The van der Waals surface area contributed by atoms with Crippen molar-refractivity contribution in [2.45, 2.75) is 0 Å². The SMILES string of the molecule is O=C([O-])c1nc(Cl)c2cc[nH]c2n1. The van der Waals surface area contributed by atoms with Gasteiger partial charge in [-0.2, -0.15) is 0 Å². The molecule has 0 radical (unpaired) electrons. The van der Waals surface area contributed by atoms with Gasteiger partial charge < -0.3 is 14.9 Å². The van der Waals surface area contributed by atoms with Crippen LogP contribution in [0.5, 0.6) is 0 Å². The quantitative estimate of drug-likeness (QED) is 0.650. The highest BCUT2D eigenvalue weighted by atomic mass is 35.5. The van der Waals surface area contributed by atoms with Crippen molar-refractivity contribution in [3.63, 3.8) is 0 Å². The molecule has 0 atom stereocenters. The number of rotatable bonds is 1. The van der Waals surface area contributed by atoms with Crippen LogP contribution in [0.1, 0.15) is 10.6 Å². The summed E-state index contributed by atoms with van der Waals surface area (Å²) in [6.07, 6.45) is 1.60. The van der Waals surface area contributed by atoms with Crippen molar-refractivity contribution in [2.24, 2.45) is 0 Å². The standard InChI is InChI=1S/C7H4ClN3O2/c8-4-3-1-2-9-5(3)11-6(10-4)7(12)13/h1-2H,(H,12,13)(H,9,10,11)/p-1. The summed E-state index contributed by atoms with van der Waals surface area (Å²) in [7, 11) is 0. The Morgan fingerprint density at radius 1 is 1.54 bits per heavy atom. The molecule has 0 aliphatic rings. The number of carboxylic acid groups (broad SMARTS) is 1. The van der Waals surface area contributed by atoms with Crippen LogP contribution in [0.25, 0.3) is 11.0 Å². The van der Waals surface area contributed by atoms with E-state index in [2.05, 4.69) is 15.0 Å². The Morgan fingerprint density at radius 2 is 2.31 bits per heavy atom. The van der Waals surface area contributed by atoms with Gasteiger partial charge in [-0.1, -0.05) is 11.6 Å². The van der Waals surface area contributed by atoms with Crippen molar-refractivity contribution in [1.29, 1.82) is 0 Å². The molecule has 0 spiro atoms. The number of fused-ring (bicyclic) bond motifs is 1. The van der Waals surface area contributed by atoms with E-state index in [0.717, 1.165) is 0 Å². The molecule has 0 bridgehead atoms. The Bertz CT molecular complexity index is 480. The Kier molecular flexibility index (Phi) is 1.66. The van der Waals surface area contributed by atoms with E-state index in [1.165, 1.54) is 0 Å². The summed E-state index contributed by atoms with van der Waals surface area (Å²) in [5.74, 6) is -1.86. The molecule has 0 amide bonds. The summed E-state index contributed by atoms with van der Waals surface area (Å²) in [4.78, 5) is 20.4. The van der Waals surface area contributed by atoms with Crippen molar-refractivity contribution in [1.82, 2.24) is 15.0 Å². The number of nitrogens with zero attached hydrogens (tertiary/aromatic N) is 2. The Labute approximate surface area is 77.4 Å². The van der Waals surface area contributed by atoms with Gasteiger partial charge in [-0.05, 0) is 6.07 Å². The maximum absolute atomic E-state index is 10.4. The third-order valence-electron chi connectivity index (χ3n) is 1.55. The molecule has 0 aliphatic carbocycles. The normalized spacial score (nSPS) is 10.5. The first-order valence-electron chi connectivity index (χ1n) is 3.40. The molecule has 0 aliphatic heterocycles. The van der Waals surface area contributed by atoms with Crippen LogP contribution in [0.15, 0.2) is 12.3 Å². The lowest BCUT2D eigenvalue weighted by atomic mass is 10.4. The van der Waals surface area contributed by atoms with Crippen LogP contribution >= 0.6 is 11.6 Å². The first-order valence-corrected chi connectivity index (χ1v) is 3.78. The number of aromatic amines is 1. The third kappa shape index (κ3) is 1.23. The van der Waals surface area contributed by atoms with Crippen molar-refractivity contribution >= 4 is 28.6 Å². The first-order chi connectivity index (χ1) is 6.18. The zero-order chi connectivity index (χ0) is 9.42. The first kappa shape index (κ1) is 8.00. The highest BCUT2D eigenvalue weighted by Crippen LogP contribution is 2.18. The minimum atomic E-state index is -1.45. The highest BCUT2D eigenvalue weighted by Gasteiger charge is 2.06. The minimum absolute atomic E-state index is 0.102. The van der Waals surface area contributed by atoms with Gasteiger partial charge in [0.15, 0.2) is 5.82 Å². The van der Waals surface area contributed by atoms with E-state index in [4.69, 9.17) is 11.6 Å². The average molecular weight is 197 g/mol. The molecule has 1 N–H and O–H groups in total. The van der Waals surface area contributed by atoms with Crippen LogP contribution in [0.4, 0.5) is 0 Å². The van der Waals surface area contributed by atoms with Crippen molar-refractivity contribution in [2.75, 3.05) is 0 Å². The van der Waals surface area contributed by atoms with Crippen LogP contribution in [0.3, 0.4) is 0 Å². The molecule has 0 fully saturated rings. The van der Waals surface area contributed by atoms with Gasteiger partial charge in [0.05, 0.1) is 5.39 Å². The van der Waals surface area contributed by atoms with Crippen LogP contribution < -0.4 is 5.11 Å². The maximum Gasteiger partial charge on any atom is 0.178 e. The number of H-pyrrole nitrogens is 1. The molecule has 0 saturated carbocycles. The van der Waals surface area contributed by atoms with Gasteiger partial charge in [-0.15, -0.1) is 0 Å². The number of carboxylic acids is 1. The Hall–Kier alpha value is -1.62. The van der Waals surface area contributed by atoms with Gasteiger partial charge in [-0.25, -0.2) is 9.97 Å². The van der Waals surface area contributed by atoms with Gasteiger partial charge in [0.2, 0.25) is 0 Å². The van der Waals surface area contributed by atoms with E-state index in [1.807, 2.05) is 0 Å². The molecule has 2 rings (SSSR count). The Balaban J connectivity index is 2.77. The fourth-order valence-electron chi connectivity index (χ4n) is 0.995. The number of hydrogen-bond donors (Lipinski definition) is 1. The molecule has 2 aromatic rings. The average Bonchev–Trinajstić information content (AvgIpc) is 2.51. The largest absolute Gasteiger partial charge is 0.541 e. The number of halogens is 1. The number of aromatic carboxylic acids is 1. The lowest BCUT2D eigenvalue weighted by molar-refractivity contribution is -0.256. The van der Waals surface area contributed by atoms with Crippen LogP contribution in [0.2, 0.25) is 5.15 Å². The second kappa shape index (κ2) is 2.70. The van der Waals surface area contributed by atoms with E-state index < -0.39 is 11.8 Å². The molecular formula is C7H3ClN3O2-. The van der Waals surface area contributed by atoms with Crippen LogP contribution in [-0.4, -0.2) is 20.9 Å². The van der Waals surface area contributed by atoms with Crippen LogP contribution in [0, 0.1) is 0 Å². The van der Waals surface area contributed by atoms with Crippen molar-refractivity contribution in [3.8, 4) is 0 Å². The van der Waals surface area contributed by atoms with Gasteiger partial charge in [0, 0.05) is 6.20 Å². The molecule has 13 heavy (non-hydrogen) atoms. The molecule has 0 unspecified atom stereocenters. The summed E-state index contributed by atoms with van der Waals surface area (Å²) in [6, 6.07) is 1.66. The third-order valence-corrected chi connectivity index (χ3v) is 1.84. The maximum atomic E-state index is 10.4. The van der Waals surface area contributed by atoms with Crippen LogP contribution in [-0.2, 0) is 0 Å². The zero-order valence-electron chi connectivity index (χ0n) is 6.24. The van der Waals surface area contributed by atoms with E-state index in [1.54, 1.807) is 12.3 Å². The van der Waals surface area contributed by atoms with Gasteiger partial charge in [-0.3, -0.25) is 0 Å². The second-order valence-corrected chi connectivity index (χ2v) is 2.72. The number of hydrogen-bond acceptors (Lipinski definition) is 4. The van der Waals surface area contributed by atoms with E-state index in [0.29, 0.717) is 11.0 Å².